The number of carbonyl (C=O) groups is 3. The lowest BCUT2D eigenvalue weighted by Crippen LogP contribution is -2.51. The zero-order valence-corrected chi connectivity index (χ0v) is 20.7. The zero-order chi connectivity index (χ0) is 24.7. The van der Waals surface area contributed by atoms with Crippen molar-refractivity contribution in [1.29, 1.82) is 0 Å². The Balaban J connectivity index is 1.80. The van der Waals surface area contributed by atoms with E-state index in [0.717, 1.165) is 0 Å². The van der Waals surface area contributed by atoms with Crippen LogP contribution in [-0.2, 0) is 24.7 Å². The summed E-state index contributed by atoms with van der Waals surface area (Å²) < 4.78 is 4.80. The van der Waals surface area contributed by atoms with Gasteiger partial charge in [0, 0.05) is 43.5 Å². The van der Waals surface area contributed by atoms with Gasteiger partial charge < -0.3 is 10.1 Å². The van der Waals surface area contributed by atoms with Gasteiger partial charge in [-0.05, 0) is 35.9 Å². The van der Waals surface area contributed by atoms with Crippen molar-refractivity contribution in [3.05, 3.63) is 94.0 Å². The molecule has 0 bridgehead atoms. The smallest absolute Gasteiger partial charge is 0.315 e. The van der Waals surface area contributed by atoms with E-state index < -0.39 is 17.4 Å². The third-order valence-corrected chi connectivity index (χ3v) is 7.41. The molecule has 3 aromatic rings. The van der Waals surface area contributed by atoms with Crippen LogP contribution < -0.4 is 10.2 Å². The van der Waals surface area contributed by atoms with Crippen molar-refractivity contribution in [2.45, 2.75) is 10.4 Å². The maximum atomic E-state index is 14.0. The minimum Gasteiger partial charge on any atom is -0.468 e. The molecule has 0 aliphatic carbocycles. The number of thioether (sulfide) groups is 1. The number of nitrogens with zero attached hydrogens (tertiary/aromatic N) is 1. The summed E-state index contributed by atoms with van der Waals surface area (Å²) >= 11 is 13.9. The predicted octanol–water partition coefficient (Wildman–Crippen LogP) is 5.54. The number of methoxy groups -OCH3 is 1. The second kappa shape index (κ2) is 9.07. The van der Waals surface area contributed by atoms with Gasteiger partial charge in [0.05, 0.1) is 12.9 Å². The first kappa shape index (κ1) is 23.5. The van der Waals surface area contributed by atoms with E-state index in [1.54, 1.807) is 36.4 Å². The number of hydrogen-bond donors (Lipinski definition) is 1. The van der Waals surface area contributed by atoms with Gasteiger partial charge in [0.15, 0.2) is 5.54 Å². The number of nitrogens with one attached hydrogen (secondary N) is 1. The molecule has 2 aliphatic heterocycles. The highest BCUT2D eigenvalue weighted by Crippen LogP contribution is 2.56. The van der Waals surface area contributed by atoms with Gasteiger partial charge in [-0.2, -0.15) is 0 Å². The van der Waals surface area contributed by atoms with Crippen LogP contribution in [0.2, 0.25) is 10.0 Å². The number of hydrogen-bond acceptors (Lipinski definition) is 5. The fourth-order valence-electron chi connectivity index (χ4n) is 4.58. The minimum atomic E-state index is -1.54. The van der Waals surface area contributed by atoms with Crippen LogP contribution in [0.4, 0.5) is 11.4 Å². The number of carbonyl (C=O) groups excluding carboxylic acids is 3. The predicted molar refractivity (Wildman–Crippen MR) is 138 cm³/mol. The topological polar surface area (TPSA) is 75.7 Å². The maximum Gasteiger partial charge on any atom is 0.315 e. The molecule has 2 aliphatic rings. The van der Waals surface area contributed by atoms with Crippen molar-refractivity contribution in [1.82, 2.24) is 0 Å². The Morgan fingerprint density at radius 2 is 1.80 bits per heavy atom. The van der Waals surface area contributed by atoms with Crippen LogP contribution in [0.15, 0.2) is 77.7 Å². The molecule has 35 heavy (non-hydrogen) atoms. The molecule has 176 valence electrons. The fourth-order valence-corrected chi connectivity index (χ4v) is 6.05. The van der Waals surface area contributed by atoms with Crippen molar-refractivity contribution in [3.63, 3.8) is 0 Å². The number of anilines is 2. The Labute approximate surface area is 215 Å². The number of fused-ring (bicyclic) bond motifs is 2. The first-order chi connectivity index (χ1) is 16.9. The second-order valence-electron chi connectivity index (χ2n) is 7.93. The van der Waals surface area contributed by atoms with Gasteiger partial charge in [-0.3, -0.25) is 19.3 Å². The van der Waals surface area contributed by atoms with Gasteiger partial charge in [-0.15, -0.1) is 11.8 Å². The van der Waals surface area contributed by atoms with E-state index >= 15 is 0 Å². The van der Waals surface area contributed by atoms with Crippen molar-refractivity contribution in [2.24, 2.45) is 0 Å². The lowest BCUT2D eigenvalue weighted by Gasteiger charge is -2.37. The summed E-state index contributed by atoms with van der Waals surface area (Å²) in [5, 5.41) is 3.74. The summed E-state index contributed by atoms with van der Waals surface area (Å²) in [6.45, 7) is 0. The maximum absolute atomic E-state index is 14.0. The van der Waals surface area contributed by atoms with Gasteiger partial charge in [-0.1, -0.05) is 59.6 Å². The monoisotopic (exact) mass is 524 g/mol. The third-order valence-electron chi connectivity index (χ3n) is 5.94. The molecule has 3 aromatic carbocycles. The molecule has 9 heteroatoms. The molecule has 0 saturated heterocycles. The highest BCUT2D eigenvalue weighted by atomic mass is 35.5. The summed E-state index contributed by atoms with van der Waals surface area (Å²) in [7, 11) is 1.31. The van der Waals surface area contributed by atoms with E-state index in [9.17, 15) is 14.4 Å². The van der Waals surface area contributed by atoms with E-state index in [1.807, 2.05) is 30.3 Å². The molecule has 2 amide bonds. The zero-order valence-electron chi connectivity index (χ0n) is 18.4. The average molecular weight is 525 g/mol. The number of esters is 1. The first-order valence-electron chi connectivity index (χ1n) is 10.6. The lowest BCUT2D eigenvalue weighted by molar-refractivity contribution is -0.137. The Morgan fingerprint density at radius 1 is 1.03 bits per heavy atom. The van der Waals surface area contributed by atoms with Crippen LogP contribution >= 0.6 is 35.0 Å². The molecular weight excluding hydrogens is 507 g/mol. The number of ether oxygens (including phenoxy) is 1. The molecule has 2 heterocycles. The molecule has 1 spiro atoms. The molecule has 1 unspecified atom stereocenters. The first-order valence-corrected chi connectivity index (χ1v) is 12.3. The van der Waals surface area contributed by atoms with Crippen molar-refractivity contribution >= 4 is 69.7 Å². The Kier molecular flexibility index (Phi) is 6.09. The van der Waals surface area contributed by atoms with Crippen LogP contribution in [0, 0.1) is 0 Å². The second-order valence-corrected chi connectivity index (χ2v) is 9.82. The number of amides is 2. The molecule has 1 atom stereocenters. The van der Waals surface area contributed by atoms with Gasteiger partial charge in [-0.25, -0.2) is 0 Å². The van der Waals surface area contributed by atoms with Gasteiger partial charge in [0.2, 0.25) is 0 Å². The number of benzene rings is 3. The molecular formula is C26H18Cl2N2O4S. The van der Waals surface area contributed by atoms with E-state index in [4.69, 9.17) is 27.9 Å². The van der Waals surface area contributed by atoms with Crippen molar-refractivity contribution in [3.8, 4) is 0 Å². The average Bonchev–Trinajstić information content (AvgIpc) is 3.31. The summed E-state index contributed by atoms with van der Waals surface area (Å²) in [4.78, 5) is 41.6. The number of rotatable bonds is 5. The number of halogens is 2. The van der Waals surface area contributed by atoms with Gasteiger partial charge in [0.1, 0.15) is 0 Å². The summed E-state index contributed by atoms with van der Waals surface area (Å²) in [6.07, 6.45) is 1.48. The van der Waals surface area contributed by atoms with Crippen LogP contribution in [0.1, 0.15) is 11.1 Å². The Hall–Kier alpha value is -3.26. The SMILES string of the molecule is COC(=O)CSc1cc(Cl)cc2c1C1(C(=O)N2)C(c2ccccc2)=CC(=O)N1c1cccc(Cl)c1. The van der Waals surface area contributed by atoms with E-state index in [1.165, 1.54) is 29.8 Å². The van der Waals surface area contributed by atoms with E-state index in [-0.39, 0.29) is 11.7 Å². The van der Waals surface area contributed by atoms with E-state index in [0.29, 0.717) is 43.0 Å². The van der Waals surface area contributed by atoms with Crippen LogP contribution in [0.3, 0.4) is 0 Å². The highest BCUT2D eigenvalue weighted by Gasteiger charge is 2.60. The largest absolute Gasteiger partial charge is 0.468 e. The summed E-state index contributed by atoms with van der Waals surface area (Å²) in [5.74, 6) is -1.20. The molecule has 0 radical (unpaired) electrons. The molecule has 0 aromatic heterocycles. The van der Waals surface area contributed by atoms with Crippen LogP contribution in [0.5, 0.6) is 0 Å². The fraction of sp³-hybridized carbons (Fsp3) is 0.115. The van der Waals surface area contributed by atoms with Gasteiger partial charge in [0.25, 0.3) is 11.8 Å². The third kappa shape index (κ3) is 3.80. The normalized spacial score (nSPS) is 18.5. The van der Waals surface area contributed by atoms with Crippen LogP contribution in [-0.4, -0.2) is 30.6 Å². The van der Waals surface area contributed by atoms with Crippen molar-refractivity contribution in [2.75, 3.05) is 23.1 Å². The standard InChI is InChI=1S/C26H18Cl2N2O4S/c1-34-23(32)14-35-21-12-17(28)11-20-24(21)26(25(33)29-20)19(15-6-3-2-4-7-15)13-22(31)30(26)18-9-5-8-16(27)10-18/h2-13H,14H2,1H3,(H,29,33). The minimum absolute atomic E-state index is 0.00302. The van der Waals surface area contributed by atoms with E-state index in [2.05, 4.69) is 5.32 Å². The molecule has 0 saturated carbocycles. The molecule has 0 fully saturated rings. The highest BCUT2D eigenvalue weighted by molar-refractivity contribution is 8.00. The lowest BCUT2D eigenvalue weighted by atomic mass is 9.80. The molecule has 5 rings (SSSR count). The molecule has 6 nitrogen and oxygen atoms in total. The summed E-state index contributed by atoms with van der Waals surface area (Å²) in [5.41, 5.74) is 1.17. The Morgan fingerprint density at radius 3 is 2.51 bits per heavy atom. The molecule has 1 N–H and O–H groups in total. The van der Waals surface area contributed by atoms with Crippen LogP contribution in [0.25, 0.3) is 5.57 Å². The quantitative estimate of drug-likeness (QED) is 0.350. The summed E-state index contributed by atoms with van der Waals surface area (Å²) in [6, 6.07) is 19.4. The van der Waals surface area contributed by atoms with Crippen molar-refractivity contribution < 1.29 is 19.1 Å². The Bertz CT molecular complexity index is 1410. The van der Waals surface area contributed by atoms with Gasteiger partial charge >= 0.3 is 5.97 Å².